The van der Waals surface area contributed by atoms with Gasteiger partial charge >= 0.3 is 0 Å². The highest BCUT2D eigenvalue weighted by Crippen LogP contribution is 2.29. The van der Waals surface area contributed by atoms with Crippen molar-refractivity contribution >= 4 is 27.8 Å². The van der Waals surface area contributed by atoms with Crippen LogP contribution in [0.15, 0.2) is 101 Å². The van der Waals surface area contributed by atoms with E-state index in [0.717, 1.165) is 26.6 Å². The number of hydrazone groups is 1. The van der Waals surface area contributed by atoms with Crippen LogP contribution in [0, 0.1) is 20.8 Å². The Morgan fingerprint density at radius 1 is 0.854 bits per heavy atom. The third-order valence-electron chi connectivity index (χ3n) is 6.22. The minimum absolute atomic E-state index is 0.0974. The fourth-order valence-corrected chi connectivity index (χ4v) is 5.62. The standard InChI is InChI=1S/C32H33N3O5S/c1-23-10-13-29(14-11-23)41(37,38)35(28-17-24(2)16-25(3)18-28)21-32(36)34-33-20-27-12-15-30(31(19-27)39-4)40-22-26-8-6-5-7-9-26/h5-20H,21-22H2,1-4H3,(H,34,36)/b33-20+. The first-order valence-electron chi connectivity index (χ1n) is 13.0. The zero-order chi connectivity index (χ0) is 29.4. The topological polar surface area (TPSA) is 97.3 Å². The molecular formula is C32H33N3O5S. The number of nitrogens with zero attached hydrogens (tertiary/aromatic N) is 2. The minimum atomic E-state index is -4.03. The van der Waals surface area contributed by atoms with E-state index in [-0.39, 0.29) is 4.90 Å². The fourth-order valence-electron chi connectivity index (χ4n) is 4.21. The zero-order valence-corrected chi connectivity index (χ0v) is 24.3. The second-order valence-electron chi connectivity index (χ2n) is 9.65. The average molecular weight is 572 g/mol. The molecule has 0 fully saturated rings. The highest BCUT2D eigenvalue weighted by Gasteiger charge is 2.27. The Labute approximate surface area is 241 Å². The summed E-state index contributed by atoms with van der Waals surface area (Å²) in [5.41, 5.74) is 7.23. The van der Waals surface area contributed by atoms with Crippen molar-refractivity contribution in [2.75, 3.05) is 18.0 Å². The molecular weight excluding hydrogens is 538 g/mol. The summed E-state index contributed by atoms with van der Waals surface area (Å²) in [6.45, 7) is 5.58. The van der Waals surface area contributed by atoms with Gasteiger partial charge in [0, 0.05) is 0 Å². The van der Waals surface area contributed by atoms with E-state index in [2.05, 4.69) is 10.5 Å². The maximum absolute atomic E-state index is 13.6. The average Bonchev–Trinajstić information content (AvgIpc) is 2.95. The molecule has 0 saturated carbocycles. The molecule has 4 aromatic rings. The number of hydrogen-bond donors (Lipinski definition) is 1. The van der Waals surface area contributed by atoms with E-state index in [1.54, 1.807) is 49.6 Å². The van der Waals surface area contributed by atoms with Gasteiger partial charge in [-0.2, -0.15) is 5.10 Å². The number of nitrogens with one attached hydrogen (secondary N) is 1. The zero-order valence-electron chi connectivity index (χ0n) is 23.5. The third-order valence-corrected chi connectivity index (χ3v) is 8.01. The summed E-state index contributed by atoms with van der Waals surface area (Å²) in [4.78, 5) is 13.0. The molecule has 0 aromatic heterocycles. The van der Waals surface area contributed by atoms with E-state index in [0.29, 0.717) is 29.4 Å². The molecule has 4 rings (SSSR count). The van der Waals surface area contributed by atoms with Crippen molar-refractivity contribution in [3.63, 3.8) is 0 Å². The van der Waals surface area contributed by atoms with E-state index >= 15 is 0 Å². The second-order valence-corrected chi connectivity index (χ2v) is 11.5. The number of hydrogen-bond acceptors (Lipinski definition) is 6. The van der Waals surface area contributed by atoms with Gasteiger partial charge in [0.1, 0.15) is 13.2 Å². The van der Waals surface area contributed by atoms with Crippen LogP contribution in [0.5, 0.6) is 11.5 Å². The number of carbonyl (C=O) groups excluding carboxylic acids is 1. The minimum Gasteiger partial charge on any atom is -0.493 e. The summed E-state index contributed by atoms with van der Waals surface area (Å²) in [6.07, 6.45) is 1.46. The van der Waals surface area contributed by atoms with E-state index in [9.17, 15) is 13.2 Å². The normalized spacial score (nSPS) is 11.3. The van der Waals surface area contributed by atoms with Crippen molar-refractivity contribution < 1.29 is 22.7 Å². The number of benzene rings is 4. The largest absolute Gasteiger partial charge is 0.493 e. The van der Waals surface area contributed by atoms with Gasteiger partial charge in [0.05, 0.1) is 23.9 Å². The van der Waals surface area contributed by atoms with Gasteiger partial charge in [0.25, 0.3) is 15.9 Å². The molecule has 8 nitrogen and oxygen atoms in total. The summed E-state index contributed by atoms with van der Waals surface area (Å²) in [6, 6.07) is 27.0. The molecule has 1 amide bonds. The van der Waals surface area contributed by atoms with Crippen LogP contribution in [0.2, 0.25) is 0 Å². The maximum atomic E-state index is 13.6. The molecule has 0 saturated heterocycles. The van der Waals surface area contributed by atoms with Gasteiger partial charge < -0.3 is 9.47 Å². The monoisotopic (exact) mass is 571 g/mol. The summed E-state index contributed by atoms with van der Waals surface area (Å²) < 4.78 is 39.7. The Kier molecular flexibility index (Phi) is 9.41. The number of carbonyl (C=O) groups is 1. The smallest absolute Gasteiger partial charge is 0.264 e. The summed E-state index contributed by atoms with van der Waals surface area (Å²) in [5.74, 6) is 0.496. The summed E-state index contributed by atoms with van der Waals surface area (Å²) in [7, 11) is -2.48. The highest BCUT2D eigenvalue weighted by molar-refractivity contribution is 7.92. The molecule has 0 bridgehead atoms. The number of anilines is 1. The molecule has 0 aliphatic carbocycles. The lowest BCUT2D eigenvalue weighted by Gasteiger charge is -2.24. The molecule has 0 atom stereocenters. The molecule has 0 aliphatic heterocycles. The molecule has 0 radical (unpaired) electrons. The van der Waals surface area contributed by atoms with Gasteiger partial charge in [-0.05, 0) is 85.5 Å². The van der Waals surface area contributed by atoms with E-state index in [4.69, 9.17) is 9.47 Å². The molecule has 0 aliphatic rings. The van der Waals surface area contributed by atoms with Crippen molar-refractivity contribution in [3.05, 3.63) is 119 Å². The lowest BCUT2D eigenvalue weighted by Crippen LogP contribution is -2.39. The van der Waals surface area contributed by atoms with Crippen LogP contribution in [-0.4, -0.2) is 34.2 Å². The molecule has 212 valence electrons. The van der Waals surface area contributed by atoms with Crippen LogP contribution in [0.25, 0.3) is 0 Å². The van der Waals surface area contributed by atoms with Crippen LogP contribution in [0.1, 0.15) is 27.8 Å². The Balaban J connectivity index is 1.48. The predicted octanol–water partition coefficient (Wildman–Crippen LogP) is 5.55. The summed E-state index contributed by atoms with van der Waals surface area (Å²) in [5, 5.41) is 4.05. The first-order valence-corrected chi connectivity index (χ1v) is 14.4. The third kappa shape index (κ3) is 7.73. The van der Waals surface area contributed by atoms with Gasteiger partial charge in [0.2, 0.25) is 0 Å². The van der Waals surface area contributed by atoms with Gasteiger partial charge in [-0.15, -0.1) is 0 Å². The lowest BCUT2D eigenvalue weighted by atomic mass is 10.1. The number of methoxy groups -OCH3 is 1. The lowest BCUT2D eigenvalue weighted by molar-refractivity contribution is -0.119. The number of rotatable bonds is 11. The van der Waals surface area contributed by atoms with Crippen molar-refractivity contribution in [2.45, 2.75) is 32.3 Å². The number of ether oxygens (including phenoxy) is 2. The molecule has 9 heteroatoms. The molecule has 41 heavy (non-hydrogen) atoms. The quantitative estimate of drug-likeness (QED) is 0.188. The van der Waals surface area contributed by atoms with Gasteiger partial charge in [-0.3, -0.25) is 9.10 Å². The van der Waals surface area contributed by atoms with Gasteiger partial charge in [-0.25, -0.2) is 13.8 Å². The first-order chi connectivity index (χ1) is 19.7. The molecule has 1 N–H and O–H groups in total. The van der Waals surface area contributed by atoms with Crippen molar-refractivity contribution in [1.29, 1.82) is 0 Å². The predicted molar refractivity (Wildman–Crippen MR) is 161 cm³/mol. The molecule has 4 aromatic carbocycles. The van der Waals surface area contributed by atoms with Gasteiger partial charge in [-0.1, -0.05) is 54.1 Å². The van der Waals surface area contributed by atoms with E-state index < -0.39 is 22.5 Å². The fraction of sp³-hybridized carbons (Fsp3) is 0.188. The maximum Gasteiger partial charge on any atom is 0.264 e. The number of amides is 1. The summed E-state index contributed by atoms with van der Waals surface area (Å²) >= 11 is 0. The van der Waals surface area contributed by atoms with Crippen molar-refractivity contribution in [3.8, 4) is 11.5 Å². The van der Waals surface area contributed by atoms with Crippen LogP contribution in [-0.2, 0) is 21.4 Å². The van der Waals surface area contributed by atoms with Crippen molar-refractivity contribution in [1.82, 2.24) is 5.43 Å². The number of aryl methyl sites for hydroxylation is 3. The van der Waals surface area contributed by atoms with Crippen LogP contribution >= 0.6 is 0 Å². The SMILES string of the molecule is COc1cc(/C=N/NC(=O)CN(c2cc(C)cc(C)c2)S(=O)(=O)c2ccc(C)cc2)ccc1OCc1ccccc1. The molecule has 0 heterocycles. The Morgan fingerprint density at radius 3 is 2.20 bits per heavy atom. The van der Waals surface area contributed by atoms with Crippen LogP contribution < -0.4 is 19.2 Å². The Bertz CT molecular complexity index is 1620. The molecule has 0 unspecified atom stereocenters. The number of sulfonamides is 1. The van der Waals surface area contributed by atoms with Crippen LogP contribution in [0.3, 0.4) is 0 Å². The van der Waals surface area contributed by atoms with Crippen LogP contribution in [0.4, 0.5) is 5.69 Å². The first kappa shape index (κ1) is 29.4. The molecule has 0 spiro atoms. The second kappa shape index (κ2) is 13.1. The van der Waals surface area contributed by atoms with Gasteiger partial charge in [0.15, 0.2) is 11.5 Å². The van der Waals surface area contributed by atoms with E-state index in [1.807, 2.05) is 57.2 Å². The Hall–Kier alpha value is -4.63. The van der Waals surface area contributed by atoms with E-state index in [1.165, 1.54) is 18.3 Å². The highest BCUT2D eigenvalue weighted by atomic mass is 32.2. The van der Waals surface area contributed by atoms with Crippen molar-refractivity contribution in [2.24, 2.45) is 5.10 Å². The Morgan fingerprint density at radius 2 is 1.54 bits per heavy atom.